The fraction of sp³-hybridized carbons (Fsp3) is 0.462. The average Bonchev–Trinajstić information content (AvgIpc) is 2.75. The van der Waals surface area contributed by atoms with E-state index in [9.17, 15) is 4.79 Å². The number of benzene rings is 1. The summed E-state index contributed by atoms with van der Waals surface area (Å²) in [6, 6.07) is 5.55. The molecule has 0 radical (unpaired) electrons. The molecule has 17 heavy (non-hydrogen) atoms. The molecule has 0 bridgehead atoms. The minimum absolute atomic E-state index is 0.378. The van der Waals surface area contributed by atoms with Gasteiger partial charge >= 0.3 is 5.97 Å². The van der Waals surface area contributed by atoms with Gasteiger partial charge in [0, 0.05) is 24.5 Å². The van der Waals surface area contributed by atoms with Crippen molar-refractivity contribution < 1.29 is 9.53 Å². The fourth-order valence-corrected chi connectivity index (χ4v) is 2.20. The van der Waals surface area contributed by atoms with Crippen molar-refractivity contribution in [2.75, 3.05) is 30.8 Å². The van der Waals surface area contributed by atoms with Crippen LogP contribution in [0.4, 0.5) is 11.4 Å². The highest BCUT2D eigenvalue weighted by molar-refractivity contribution is 5.96. The molecule has 1 atom stereocenters. The van der Waals surface area contributed by atoms with Gasteiger partial charge in [-0.05, 0) is 30.5 Å². The van der Waals surface area contributed by atoms with Gasteiger partial charge in [-0.25, -0.2) is 4.79 Å². The molecule has 1 saturated heterocycles. The molecule has 0 aliphatic carbocycles. The number of nitrogen functional groups attached to an aromatic ring is 1. The quantitative estimate of drug-likeness (QED) is 0.627. The van der Waals surface area contributed by atoms with E-state index in [1.165, 1.54) is 13.5 Å². The summed E-state index contributed by atoms with van der Waals surface area (Å²) in [5.41, 5.74) is 7.73. The number of ether oxygens (including phenoxy) is 1. The molecule has 1 aromatic rings. The van der Waals surface area contributed by atoms with Gasteiger partial charge in [0.2, 0.25) is 0 Å². The molecule has 4 heteroatoms. The number of nitrogens with two attached hydrogens (primary N) is 1. The highest BCUT2D eigenvalue weighted by Crippen LogP contribution is 2.26. The Kier molecular flexibility index (Phi) is 3.22. The second-order valence-corrected chi connectivity index (χ2v) is 4.60. The third-order valence-electron chi connectivity index (χ3n) is 3.23. The summed E-state index contributed by atoms with van der Waals surface area (Å²) >= 11 is 0. The first-order valence-corrected chi connectivity index (χ1v) is 5.84. The van der Waals surface area contributed by atoms with Gasteiger partial charge < -0.3 is 15.4 Å². The molecule has 1 fully saturated rings. The minimum atomic E-state index is -0.378. The van der Waals surface area contributed by atoms with Crippen LogP contribution in [0.3, 0.4) is 0 Å². The maximum Gasteiger partial charge on any atom is 0.340 e. The largest absolute Gasteiger partial charge is 0.465 e. The lowest BCUT2D eigenvalue weighted by Crippen LogP contribution is -2.19. The number of hydrogen-bond acceptors (Lipinski definition) is 4. The lowest BCUT2D eigenvalue weighted by Gasteiger charge is -2.19. The van der Waals surface area contributed by atoms with Crippen LogP contribution < -0.4 is 10.6 Å². The van der Waals surface area contributed by atoms with E-state index in [1.807, 2.05) is 12.1 Å². The molecule has 1 unspecified atom stereocenters. The number of anilines is 2. The van der Waals surface area contributed by atoms with Crippen LogP contribution in [0.2, 0.25) is 0 Å². The van der Waals surface area contributed by atoms with E-state index in [2.05, 4.69) is 11.8 Å². The van der Waals surface area contributed by atoms with Crippen LogP contribution in [-0.4, -0.2) is 26.2 Å². The Morgan fingerprint density at radius 2 is 2.29 bits per heavy atom. The summed E-state index contributed by atoms with van der Waals surface area (Å²) in [6.07, 6.45) is 1.19. The molecular weight excluding hydrogens is 216 g/mol. The Morgan fingerprint density at radius 1 is 1.53 bits per heavy atom. The first-order chi connectivity index (χ1) is 8.11. The van der Waals surface area contributed by atoms with E-state index in [4.69, 9.17) is 10.5 Å². The van der Waals surface area contributed by atoms with E-state index in [-0.39, 0.29) is 5.97 Å². The summed E-state index contributed by atoms with van der Waals surface area (Å²) in [7, 11) is 1.37. The second-order valence-electron chi connectivity index (χ2n) is 4.60. The van der Waals surface area contributed by atoms with Crippen LogP contribution in [0, 0.1) is 5.92 Å². The first-order valence-electron chi connectivity index (χ1n) is 5.84. The molecule has 1 aliphatic rings. The topological polar surface area (TPSA) is 55.6 Å². The number of nitrogens with zero attached hydrogens (tertiary/aromatic N) is 1. The maximum atomic E-state index is 11.5. The molecule has 92 valence electrons. The lowest BCUT2D eigenvalue weighted by molar-refractivity contribution is 0.0602. The number of hydrogen-bond donors (Lipinski definition) is 1. The predicted octanol–water partition coefficient (Wildman–Crippen LogP) is 1.90. The van der Waals surface area contributed by atoms with E-state index < -0.39 is 0 Å². The van der Waals surface area contributed by atoms with Gasteiger partial charge in [-0.2, -0.15) is 0 Å². The molecule has 1 aromatic carbocycles. The SMILES string of the molecule is COC(=O)c1cc(N2CCC(C)C2)ccc1N. The summed E-state index contributed by atoms with van der Waals surface area (Å²) in [4.78, 5) is 13.8. The molecule has 0 spiro atoms. The zero-order valence-corrected chi connectivity index (χ0v) is 10.3. The van der Waals surface area contributed by atoms with Crippen LogP contribution in [0.25, 0.3) is 0 Å². The second kappa shape index (κ2) is 4.65. The third-order valence-corrected chi connectivity index (χ3v) is 3.23. The highest BCUT2D eigenvalue weighted by Gasteiger charge is 2.20. The van der Waals surface area contributed by atoms with Crippen molar-refractivity contribution in [1.29, 1.82) is 0 Å². The fourth-order valence-electron chi connectivity index (χ4n) is 2.20. The zero-order chi connectivity index (χ0) is 12.4. The monoisotopic (exact) mass is 234 g/mol. The van der Waals surface area contributed by atoms with Crippen LogP contribution in [0.1, 0.15) is 23.7 Å². The van der Waals surface area contributed by atoms with Crippen LogP contribution >= 0.6 is 0 Å². The molecule has 0 saturated carbocycles. The normalized spacial score (nSPS) is 19.4. The average molecular weight is 234 g/mol. The Hall–Kier alpha value is -1.71. The van der Waals surface area contributed by atoms with Crippen molar-refractivity contribution in [3.63, 3.8) is 0 Å². The highest BCUT2D eigenvalue weighted by atomic mass is 16.5. The van der Waals surface area contributed by atoms with Gasteiger partial charge in [0.25, 0.3) is 0 Å². The smallest absolute Gasteiger partial charge is 0.340 e. The van der Waals surface area contributed by atoms with E-state index in [1.54, 1.807) is 6.07 Å². The van der Waals surface area contributed by atoms with E-state index >= 15 is 0 Å². The van der Waals surface area contributed by atoms with Crippen molar-refractivity contribution in [2.45, 2.75) is 13.3 Å². The Labute approximate surface area is 101 Å². The Balaban J connectivity index is 2.27. The van der Waals surface area contributed by atoms with E-state index in [0.717, 1.165) is 18.8 Å². The van der Waals surface area contributed by atoms with Crippen molar-refractivity contribution in [3.05, 3.63) is 23.8 Å². The van der Waals surface area contributed by atoms with Gasteiger partial charge in [-0.1, -0.05) is 6.92 Å². The number of carbonyl (C=O) groups is 1. The molecule has 2 rings (SSSR count). The number of esters is 1. The first kappa shape index (κ1) is 11.8. The molecule has 1 aliphatic heterocycles. The van der Waals surface area contributed by atoms with Crippen LogP contribution in [-0.2, 0) is 4.74 Å². The van der Waals surface area contributed by atoms with Gasteiger partial charge in [0.15, 0.2) is 0 Å². The van der Waals surface area contributed by atoms with Crippen molar-refractivity contribution in [1.82, 2.24) is 0 Å². The molecule has 0 aromatic heterocycles. The standard InChI is InChI=1S/C13H18N2O2/c1-9-5-6-15(8-9)10-3-4-12(14)11(7-10)13(16)17-2/h3-4,7,9H,5-6,8,14H2,1-2H3. The molecule has 0 amide bonds. The van der Waals surface area contributed by atoms with Gasteiger partial charge in [-0.3, -0.25) is 0 Å². The van der Waals surface area contributed by atoms with Crippen molar-refractivity contribution in [3.8, 4) is 0 Å². The summed E-state index contributed by atoms with van der Waals surface area (Å²) < 4.78 is 4.72. The summed E-state index contributed by atoms with van der Waals surface area (Å²) in [5, 5.41) is 0. The van der Waals surface area contributed by atoms with Gasteiger partial charge in [0.1, 0.15) is 0 Å². The number of carbonyl (C=O) groups excluding carboxylic acids is 1. The summed E-state index contributed by atoms with van der Waals surface area (Å²) in [6.45, 7) is 4.30. The Bertz CT molecular complexity index is 431. The predicted molar refractivity (Wildman–Crippen MR) is 68.2 cm³/mol. The number of rotatable bonds is 2. The third kappa shape index (κ3) is 2.35. The van der Waals surface area contributed by atoms with Crippen molar-refractivity contribution >= 4 is 17.3 Å². The maximum absolute atomic E-state index is 11.5. The van der Waals surface area contributed by atoms with Crippen LogP contribution in [0.5, 0.6) is 0 Å². The molecular formula is C13H18N2O2. The van der Waals surface area contributed by atoms with E-state index in [0.29, 0.717) is 17.2 Å². The van der Waals surface area contributed by atoms with Crippen molar-refractivity contribution in [2.24, 2.45) is 5.92 Å². The number of methoxy groups -OCH3 is 1. The molecule has 1 heterocycles. The van der Waals surface area contributed by atoms with Gasteiger partial charge in [-0.15, -0.1) is 0 Å². The van der Waals surface area contributed by atoms with Gasteiger partial charge in [0.05, 0.1) is 12.7 Å². The molecule has 4 nitrogen and oxygen atoms in total. The Morgan fingerprint density at radius 3 is 2.88 bits per heavy atom. The molecule has 2 N–H and O–H groups in total. The van der Waals surface area contributed by atoms with Crippen LogP contribution in [0.15, 0.2) is 18.2 Å². The minimum Gasteiger partial charge on any atom is -0.465 e. The lowest BCUT2D eigenvalue weighted by atomic mass is 10.1. The zero-order valence-electron chi connectivity index (χ0n) is 10.3. The summed E-state index contributed by atoms with van der Waals surface area (Å²) in [5.74, 6) is 0.325.